The summed E-state index contributed by atoms with van der Waals surface area (Å²) in [6, 6.07) is 12.5. The van der Waals surface area contributed by atoms with Gasteiger partial charge in [-0.05, 0) is 36.8 Å². The van der Waals surface area contributed by atoms with Crippen LogP contribution in [0.5, 0.6) is 0 Å². The molecule has 0 spiro atoms. The Morgan fingerprint density at radius 1 is 1.05 bits per heavy atom. The second-order valence-electron chi connectivity index (χ2n) is 4.36. The third kappa shape index (κ3) is 3.85. The summed E-state index contributed by atoms with van der Waals surface area (Å²) >= 11 is 0. The van der Waals surface area contributed by atoms with E-state index in [2.05, 4.69) is 10.5 Å². The lowest BCUT2D eigenvalue weighted by atomic mass is 10.1. The van der Waals surface area contributed by atoms with E-state index >= 15 is 0 Å². The number of benzene rings is 2. The van der Waals surface area contributed by atoms with Crippen molar-refractivity contribution in [2.24, 2.45) is 5.10 Å². The van der Waals surface area contributed by atoms with Crippen molar-refractivity contribution in [1.82, 2.24) is 0 Å². The van der Waals surface area contributed by atoms with E-state index in [1.165, 1.54) is 12.3 Å². The van der Waals surface area contributed by atoms with Gasteiger partial charge in [-0.1, -0.05) is 29.8 Å². The maximum Gasteiger partial charge on any atom is 0.416 e. The van der Waals surface area contributed by atoms with Gasteiger partial charge in [0.15, 0.2) is 0 Å². The Labute approximate surface area is 114 Å². The van der Waals surface area contributed by atoms with E-state index in [4.69, 9.17) is 0 Å². The summed E-state index contributed by atoms with van der Waals surface area (Å²) in [4.78, 5) is 0. The van der Waals surface area contributed by atoms with Crippen LogP contribution in [0.4, 0.5) is 18.9 Å². The Hall–Kier alpha value is -2.30. The van der Waals surface area contributed by atoms with Gasteiger partial charge in [0, 0.05) is 0 Å². The lowest BCUT2D eigenvalue weighted by Gasteiger charge is -2.06. The Balaban J connectivity index is 2.06. The van der Waals surface area contributed by atoms with Crippen molar-refractivity contribution in [3.05, 3.63) is 65.2 Å². The number of hydrogen-bond acceptors (Lipinski definition) is 2. The number of alkyl halides is 3. The van der Waals surface area contributed by atoms with Crippen molar-refractivity contribution >= 4 is 11.9 Å². The summed E-state index contributed by atoms with van der Waals surface area (Å²) in [6.45, 7) is 1.97. The highest BCUT2D eigenvalue weighted by molar-refractivity contribution is 5.80. The van der Waals surface area contributed by atoms with Crippen molar-refractivity contribution in [2.45, 2.75) is 13.1 Å². The molecule has 2 aromatic carbocycles. The first-order valence-electron chi connectivity index (χ1n) is 5.98. The molecule has 0 heterocycles. The zero-order valence-corrected chi connectivity index (χ0v) is 10.8. The zero-order valence-electron chi connectivity index (χ0n) is 10.8. The molecule has 2 rings (SSSR count). The van der Waals surface area contributed by atoms with Crippen LogP contribution in [0, 0.1) is 6.92 Å². The predicted molar refractivity (Wildman–Crippen MR) is 73.8 cm³/mol. The van der Waals surface area contributed by atoms with Gasteiger partial charge in [-0.15, -0.1) is 0 Å². The average molecular weight is 278 g/mol. The minimum atomic E-state index is -4.34. The fourth-order valence-electron chi connectivity index (χ4n) is 1.60. The van der Waals surface area contributed by atoms with Gasteiger partial charge in [0.05, 0.1) is 17.5 Å². The van der Waals surface area contributed by atoms with Gasteiger partial charge in [-0.3, -0.25) is 5.43 Å². The topological polar surface area (TPSA) is 24.4 Å². The van der Waals surface area contributed by atoms with Crippen molar-refractivity contribution in [3.63, 3.8) is 0 Å². The third-order valence-corrected chi connectivity index (χ3v) is 2.67. The highest BCUT2D eigenvalue weighted by Gasteiger charge is 2.30. The molecule has 0 bridgehead atoms. The number of hydrazone groups is 1. The van der Waals surface area contributed by atoms with E-state index in [1.807, 2.05) is 31.2 Å². The molecule has 5 heteroatoms. The highest BCUT2D eigenvalue weighted by Crippen LogP contribution is 2.29. The lowest BCUT2D eigenvalue weighted by Crippen LogP contribution is -2.05. The van der Waals surface area contributed by atoms with Crippen LogP contribution in [-0.4, -0.2) is 6.21 Å². The summed E-state index contributed by atoms with van der Waals surface area (Å²) in [5.74, 6) is 0. The molecule has 0 aromatic heterocycles. The summed E-state index contributed by atoms with van der Waals surface area (Å²) in [6.07, 6.45) is -2.98. The molecule has 0 saturated carbocycles. The Morgan fingerprint density at radius 3 is 2.40 bits per heavy atom. The molecule has 20 heavy (non-hydrogen) atoms. The number of anilines is 1. The number of aryl methyl sites for hydroxylation is 1. The molecule has 0 amide bonds. The summed E-state index contributed by atoms with van der Waals surface area (Å²) in [5.41, 5.74) is 4.37. The van der Waals surface area contributed by atoms with E-state index in [9.17, 15) is 13.2 Å². The van der Waals surface area contributed by atoms with Crippen LogP contribution in [0.25, 0.3) is 0 Å². The summed E-state index contributed by atoms with van der Waals surface area (Å²) < 4.78 is 37.6. The molecule has 0 atom stereocenters. The van der Waals surface area contributed by atoms with E-state index in [1.54, 1.807) is 6.07 Å². The fourth-order valence-corrected chi connectivity index (χ4v) is 1.60. The number of nitrogens with zero attached hydrogens (tertiary/aromatic N) is 1. The molecule has 0 aliphatic heterocycles. The molecule has 0 radical (unpaired) electrons. The summed E-state index contributed by atoms with van der Waals surface area (Å²) in [7, 11) is 0. The maximum atomic E-state index is 12.5. The quantitative estimate of drug-likeness (QED) is 0.650. The molecule has 0 aliphatic rings. The van der Waals surface area contributed by atoms with E-state index in [-0.39, 0.29) is 0 Å². The average Bonchev–Trinajstić information content (AvgIpc) is 2.40. The first-order chi connectivity index (χ1) is 9.45. The molecule has 0 fully saturated rings. The van der Waals surface area contributed by atoms with Gasteiger partial charge in [-0.2, -0.15) is 18.3 Å². The van der Waals surface area contributed by atoms with Crippen molar-refractivity contribution in [3.8, 4) is 0 Å². The SMILES string of the molecule is Cc1ccc(NN=Cc2cccc(C(F)(F)F)c2)cc1. The molecule has 0 unspecified atom stereocenters. The molecular formula is C15H13F3N2. The van der Waals surface area contributed by atoms with Crippen LogP contribution in [0.1, 0.15) is 16.7 Å². The van der Waals surface area contributed by atoms with E-state index < -0.39 is 11.7 Å². The van der Waals surface area contributed by atoms with Gasteiger partial charge >= 0.3 is 6.18 Å². The third-order valence-electron chi connectivity index (χ3n) is 2.67. The molecule has 2 aromatic rings. The van der Waals surface area contributed by atoms with Gasteiger partial charge in [0.1, 0.15) is 0 Å². The highest BCUT2D eigenvalue weighted by atomic mass is 19.4. The van der Waals surface area contributed by atoms with Crippen LogP contribution < -0.4 is 5.43 Å². The molecule has 2 nitrogen and oxygen atoms in total. The van der Waals surface area contributed by atoms with Gasteiger partial charge in [-0.25, -0.2) is 0 Å². The number of nitrogens with one attached hydrogen (secondary N) is 1. The van der Waals surface area contributed by atoms with Crippen LogP contribution in [-0.2, 0) is 6.18 Å². The number of rotatable bonds is 3. The lowest BCUT2D eigenvalue weighted by molar-refractivity contribution is -0.137. The standard InChI is InChI=1S/C15H13F3N2/c1-11-5-7-14(8-6-11)20-19-10-12-3-2-4-13(9-12)15(16,17)18/h2-10,20H,1H3. The molecule has 0 aliphatic carbocycles. The van der Waals surface area contributed by atoms with Crippen LogP contribution in [0.15, 0.2) is 53.6 Å². The van der Waals surface area contributed by atoms with Crippen LogP contribution in [0.3, 0.4) is 0 Å². The van der Waals surface area contributed by atoms with Crippen LogP contribution >= 0.6 is 0 Å². The molecule has 1 N–H and O–H groups in total. The minimum Gasteiger partial charge on any atom is -0.279 e. The maximum absolute atomic E-state index is 12.5. The summed E-state index contributed by atoms with van der Waals surface area (Å²) in [5, 5.41) is 3.92. The van der Waals surface area contributed by atoms with Gasteiger partial charge < -0.3 is 0 Å². The first-order valence-corrected chi connectivity index (χ1v) is 5.98. The Morgan fingerprint density at radius 2 is 1.75 bits per heavy atom. The second kappa shape index (κ2) is 5.77. The molecular weight excluding hydrogens is 265 g/mol. The van der Waals surface area contributed by atoms with Crippen molar-refractivity contribution in [1.29, 1.82) is 0 Å². The van der Waals surface area contributed by atoms with Crippen LogP contribution in [0.2, 0.25) is 0 Å². The van der Waals surface area contributed by atoms with Crippen molar-refractivity contribution in [2.75, 3.05) is 5.43 Å². The second-order valence-corrected chi connectivity index (χ2v) is 4.36. The predicted octanol–water partition coefficient (Wildman–Crippen LogP) is 4.46. The van der Waals surface area contributed by atoms with Crippen molar-refractivity contribution < 1.29 is 13.2 Å². The Kier molecular flexibility index (Phi) is 4.08. The fraction of sp³-hybridized carbons (Fsp3) is 0.133. The largest absolute Gasteiger partial charge is 0.416 e. The molecule has 0 saturated heterocycles. The zero-order chi connectivity index (χ0) is 14.6. The number of hydrogen-bond donors (Lipinski definition) is 1. The normalized spacial score (nSPS) is 11.8. The van der Waals surface area contributed by atoms with Gasteiger partial charge in [0.2, 0.25) is 0 Å². The number of halogens is 3. The smallest absolute Gasteiger partial charge is 0.279 e. The van der Waals surface area contributed by atoms with E-state index in [0.717, 1.165) is 23.4 Å². The van der Waals surface area contributed by atoms with Gasteiger partial charge in [0.25, 0.3) is 0 Å². The monoisotopic (exact) mass is 278 g/mol. The van der Waals surface area contributed by atoms with E-state index in [0.29, 0.717) is 5.56 Å². The minimum absolute atomic E-state index is 0.388. The molecule has 104 valence electrons. The Bertz CT molecular complexity index is 601. The first kappa shape index (κ1) is 14.1.